The molecule has 0 saturated carbocycles. The number of carbonyl (C=O) groups excluding carboxylic acids is 2. The molecule has 3 aromatic rings. The fourth-order valence-electron chi connectivity index (χ4n) is 4.16. The molecule has 0 saturated heterocycles. The second-order valence-corrected chi connectivity index (χ2v) is 9.27. The number of carbonyl (C=O) groups is 2. The summed E-state index contributed by atoms with van der Waals surface area (Å²) < 4.78 is 32.3. The molecule has 0 aliphatic heterocycles. The summed E-state index contributed by atoms with van der Waals surface area (Å²) in [5.41, 5.74) is 4.49. The van der Waals surface area contributed by atoms with Gasteiger partial charge in [0.2, 0.25) is 5.91 Å². The Morgan fingerprint density at radius 2 is 1.86 bits per heavy atom. The molecule has 8 nitrogen and oxygen atoms in total. The molecule has 1 heterocycles. The van der Waals surface area contributed by atoms with Gasteiger partial charge in [-0.2, -0.15) is 8.42 Å². The number of hydrogen-bond acceptors (Lipinski definition) is 5. The highest BCUT2D eigenvalue weighted by molar-refractivity contribution is 7.62. The number of nitrogens with zero attached hydrogens (tertiary/aromatic N) is 3. The number of aryl methyl sites for hydroxylation is 2. The lowest BCUT2D eigenvalue weighted by Gasteiger charge is -2.10. The number of hydrogen-bond donors (Lipinski definition) is 0. The average molecular weight is 498 g/mol. The van der Waals surface area contributed by atoms with Crippen LogP contribution < -0.4 is 4.74 Å². The molecular weight excluding hydrogens is 466 g/mol. The summed E-state index contributed by atoms with van der Waals surface area (Å²) in [5.74, 6) is -0.207. The van der Waals surface area contributed by atoms with Gasteiger partial charge in [-0.25, -0.2) is 0 Å². The van der Waals surface area contributed by atoms with Crippen molar-refractivity contribution in [3.8, 4) is 5.75 Å². The lowest BCUT2D eigenvalue weighted by atomic mass is 9.99. The molecule has 0 aliphatic carbocycles. The Bertz CT molecular complexity index is 1370. The third kappa shape index (κ3) is 6.57. The lowest BCUT2D eigenvalue weighted by Crippen LogP contribution is -2.21. The number of fused-ring (bicyclic) bond motifs is 1. The van der Waals surface area contributed by atoms with Crippen LogP contribution in [0.4, 0.5) is 0 Å². The van der Waals surface area contributed by atoms with E-state index in [9.17, 15) is 18.0 Å². The Balaban J connectivity index is 1.93. The van der Waals surface area contributed by atoms with Crippen LogP contribution in [-0.4, -0.2) is 50.9 Å². The zero-order valence-electron chi connectivity index (χ0n) is 20.6. The molecule has 2 amide bonds. The van der Waals surface area contributed by atoms with Crippen molar-refractivity contribution in [1.29, 1.82) is 0 Å². The lowest BCUT2D eigenvalue weighted by molar-refractivity contribution is -0.128. The van der Waals surface area contributed by atoms with Gasteiger partial charge in [0.05, 0.1) is 7.11 Å². The van der Waals surface area contributed by atoms with Gasteiger partial charge in [-0.3, -0.25) is 9.59 Å². The number of amides is 2. The first-order valence-corrected chi connectivity index (χ1v) is 12.6. The highest BCUT2D eigenvalue weighted by Crippen LogP contribution is 2.30. The Morgan fingerprint density at radius 3 is 2.51 bits per heavy atom. The van der Waals surface area contributed by atoms with Crippen molar-refractivity contribution in [3.63, 3.8) is 0 Å². The van der Waals surface area contributed by atoms with E-state index < -0.39 is 16.4 Å². The van der Waals surface area contributed by atoms with E-state index in [1.165, 1.54) is 18.7 Å². The summed E-state index contributed by atoms with van der Waals surface area (Å²) in [6.07, 6.45) is 5.86. The molecular formula is C26H31N3O5S. The van der Waals surface area contributed by atoms with Gasteiger partial charge in [0.15, 0.2) is 0 Å². The van der Waals surface area contributed by atoms with Gasteiger partial charge < -0.3 is 14.2 Å². The largest absolute Gasteiger partial charge is 0.496 e. The summed E-state index contributed by atoms with van der Waals surface area (Å²) in [5, 5.41) is 1.15. The van der Waals surface area contributed by atoms with Crippen LogP contribution in [0.5, 0.6) is 5.75 Å². The Hall–Kier alpha value is -3.46. The molecule has 0 fully saturated rings. The SMILES string of the molecule is CCCn1cc(Cc2ccc(C(=O)N=S(=O)=O)cc2OC)c2cc(CCCC(=O)N(C)C)ccc21. The summed E-state index contributed by atoms with van der Waals surface area (Å²) in [6, 6.07) is 11.3. The van der Waals surface area contributed by atoms with Gasteiger partial charge in [0.1, 0.15) is 5.75 Å². The third-order valence-electron chi connectivity index (χ3n) is 5.92. The zero-order chi connectivity index (χ0) is 25.5. The van der Waals surface area contributed by atoms with Crippen LogP contribution in [0.3, 0.4) is 0 Å². The highest BCUT2D eigenvalue weighted by Gasteiger charge is 2.15. The molecule has 0 aliphatic rings. The number of rotatable bonds is 10. The monoisotopic (exact) mass is 497 g/mol. The predicted octanol–water partition coefficient (Wildman–Crippen LogP) is 4.26. The maximum absolute atomic E-state index is 12.0. The van der Waals surface area contributed by atoms with Gasteiger partial charge in [-0.05, 0) is 60.2 Å². The molecule has 2 aromatic carbocycles. The maximum Gasteiger partial charge on any atom is 0.319 e. The van der Waals surface area contributed by atoms with Crippen LogP contribution in [0, 0.1) is 0 Å². The molecule has 3 rings (SSSR count). The van der Waals surface area contributed by atoms with E-state index in [1.54, 1.807) is 31.1 Å². The molecule has 9 heteroatoms. The Kier molecular flexibility index (Phi) is 8.81. The summed E-state index contributed by atoms with van der Waals surface area (Å²) in [6.45, 7) is 3.03. The van der Waals surface area contributed by atoms with Crippen LogP contribution in [-0.2, 0) is 34.7 Å². The third-order valence-corrected chi connectivity index (χ3v) is 6.23. The predicted molar refractivity (Wildman–Crippen MR) is 135 cm³/mol. The molecule has 0 radical (unpaired) electrons. The molecule has 0 N–H and O–H groups in total. The highest BCUT2D eigenvalue weighted by atomic mass is 32.2. The maximum atomic E-state index is 12.0. The normalized spacial score (nSPS) is 10.9. The minimum Gasteiger partial charge on any atom is -0.496 e. The Morgan fingerprint density at radius 1 is 1.09 bits per heavy atom. The first-order chi connectivity index (χ1) is 16.7. The molecule has 0 bridgehead atoms. The van der Waals surface area contributed by atoms with Gasteiger partial charge in [-0.15, -0.1) is 0 Å². The molecule has 0 atom stereocenters. The van der Waals surface area contributed by atoms with Crippen molar-refractivity contribution >= 4 is 33.2 Å². The average Bonchev–Trinajstić information content (AvgIpc) is 3.15. The van der Waals surface area contributed by atoms with Crippen LogP contribution in [0.15, 0.2) is 47.0 Å². The van der Waals surface area contributed by atoms with E-state index >= 15 is 0 Å². The molecule has 35 heavy (non-hydrogen) atoms. The minimum atomic E-state index is -2.81. The minimum absolute atomic E-state index is 0.129. The summed E-state index contributed by atoms with van der Waals surface area (Å²) in [7, 11) is 2.25. The van der Waals surface area contributed by atoms with E-state index in [4.69, 9.17) is 4.74 Å². The number of benzene rings is 2. The molecule has 1 aromatic heterocycles. The smallest absolute Gasteiger partial charge is 0.319 e. The van der Waals surface area contributed by atoms with Gasteiger partial charge >= 0.3 is 10.5 Å². The topological polar surface area (TPSA) is 98.0 Å². The number of ether oxygens (including phenoxy) is 1. The zero-order valence-corrected chi connectivity index (χ0v) is 21.4. The molecule has 0 unspecified atom stereocenters. The van der Waals surface area contributed by atoms with Gasteiger partial charge in [-0.1, -0.05) is 23.4 Å². The van der Waals surface area contributed by atoms with Crippen LogP contribution >= 0.6 is 0 Å². The molecule has 186 valence electrons. The van der Waals surface area contributed by atoms with E-state index in [-0.39, 0.29) is 11.5 Å². The standard InChI is InChI=1S/C26H31N3O5S/c1-5-13-29-17-21(15-19-10-11-20(16-24(19)34-4)26(31)27-35(32)33)22-14-18(9-12-23(22)29)7-6-8-25(30)28(2)3/h9-12,14,16-17H,5-8,13,15H2,1-4H3. The summed E-state index contributed by atoms with van der Waals surface area (Å²) in [4.78, 5) is 25.5. The number of aromatic nitrogens is 1. The van der Waals surface area contributed by atoms with Crippen LogP contribution in [0.25, 0.3) is 10.9 Å². The molecule has 0 spiro atoms. The van der Waals surface area contributed by atoms with Gasteiger partial charge in [0, 0.05) is 56.1 Å². The first kappa shape index (κ1) is 26.2. The number of methoxy groups -OCH3 is 1. The van der Waals surface area contributed by atoms with Crippen LogP contribution in [0.2, 0.25) is 0 Å². The first-order valence-electron chi connectivity index (χ1n) is 11.6. The van der Waals surface area contributed by atoms with Crippen molar-refractivity contribution in [2.75, 3.05) is 21.2 Å². The fourth-order valence-corrected chi connectivity index (χ4v) is 4.40. The van der Waals surface area contributed by atoms with E-state index in [1.807, 2.05) is 0 Å². The van der Waals surface area contributed by atoms with E-state index in [0.717, 1.165) is 47.8 Å². The second-order valence-electron chi connectivity index (χ2n) is 8.66. The van der Waals surface area contributed by atoms with Crippen LogP contribution in [0.1, 0.15) is 53.2 Å². The second kappa shape index (κ2) is 11.8. The van der Waals surface area contributed by atoms with E-state index in [2.05, 4.69) is 40.2 Å². The van der Waals surface area contributed by atoms with Crippen molar-refractivity contribution in [3.05, 3.63) is 64.8 Å². The van der Waals surface area contributed by atoms with Gasteiger partial charge in [0.25, 0.3) is 5.91 Å². The van der Waals surface area contributed by atoms with E-state index in [0.29, 0.717) is 18.6 Å². The van der Waals surface area contributed by atoms with Crippen molar-refractivity contribution in [2.24, 2.45) is 4.36 Å². The van der Waals surface area contributed by atoms with Crippen molar-refractivity contribution in [1.82, 2.24) is 9.47 Å². The van der Waals surface area contributed by atoms with Crippen molar-refractivity contribution in [2.45, 2.75) is 45.6 Å². The fraction of sp³-hybridized carbons (Fsp3) is 0.385. The quantitative estimate of drug-likeness (QED) is 0.417. The summed E-state index contributed by atoms with van der Waals surface area (Å²) >= 11 is 0. The Labute approximate surface area is 207 Å². The van der Waals surface area contributed by atoms with Crippen molar-refractivity contribution < 1.29 is 22.7 Å².